The second-order valence-corrected chi connectivity index (χ2v) is 3.79. The molecule has 2 aromatic rings. The Morgan fingerprint density at radius 2 is 2.32 bits per heavy atom. The van der Waals surface area contributed by atoms with Crippen molar-refractivity contribution in [3.8, 4) is 0 Å². The fraction of sp³-hybridized carbons (Fsp3) is 0.250. The van der Waals surface area contributed by atoms with Gasteiger partial charge >= 0.3 is 5.97 Å². The third-order valence-corrected chi connectivity index (χ3v) is 2.56. The summed E-state index contributed by atoms with van der Waals surface area (Å²) in [6.45, 7) is 2.61. The number of nitrogens with one attached hydrogen (secondary N) is 1. The van der Waals surface area contributed by atoms with Gasteiger partial charge in [-0.15, -0.1) is 0 Å². The topological polar surface area (TPSA) is 97.4 Å². The molecule has 0 saturated heterocycles. The first-order valence-corrected chi connectivity index (χ1v) is 5.73. The number of hydrogen-bond donors (Lipinski definition) is 2. The summed E-state index contributed by atoms with van der Waals surface area (Å²) in [4.78, 5) is 26.4. The van der Waals surface area contributed by atoms with Crippen molar-refractivity contribution in [2.45, 2.75) is 20.0 Å². The fourth-order valence-electron chi connectivity index (χ4n) is 1.58. The minimum Gasteiger partial charge on any atom is -0.475 e. The minimum absolute atomic E-state index is 0.135. The summed E-state index contributed by atoms with van der Waals surface area (Å²) in [6, 6.07) is 2.90. The molecule has 0 aliphatic heterocycles. The van der Waals surface area contributed by atoms with E-state index < -0.39 is 5.97 Å². The molecule has 0 fully saturated rings. The summed E-state index contributed by atoms with van der Waals surface area (Å²) in [5.74, 6) is -0.635. The molecule has 7 heteroatoms. The molecule has 7 nitrogen and oxygen atoms in total. The van der Waals surface area contributed by atoms with Gasteiger partial charge in [0.25, 0.3) is 5.56 Å². The molecular formula is C12H13N3O4. The van der Waals surface area contributed by atoms with Crippen LogP contribution in [0.1, 0.15) is 23.2 Å². The van der Waals surface area contributed by atoms with Crippen LogP contribution in [0.3, 0.4) is 0 Å². The van der Waals surface area contributed by atoms with Crippen molar-refractivity contribution in [2.75, 3.05) is 5.32 Å². The first kappa shape index (κ1) is 12.9. The van der Waals surface area contributed by atoms with E-state index >= 15 is 0 Å². The average molecular weight is 263 g/mol. The summed E-state index contributed by atoms with van der Waals surface area (Å²) >= 11 is 0. The molecule has 19 heavy (non-hydrogen) atoms. The number of nitrogens with zero attached hydrogens (tertiary/aromatic N) is 2. The highest BCUT2D eigenvalue weighted by molar-refractivity contribution is 5.84. The maximum atomic E-state index is 11.8. The molecule has 0 aliphatic carbocycles. The van der Waals surface area contributed by atoms with Crippen LogP contribution in [-0.2, 0) is 13.1 Å². The number of anilines is 1. The van der Waals surface area contributed by atoms with Gasteiger partial charge in [-0.25, -0.2) is 9.78 Å². The SMILES string of the molecule is CCn1ccnc(NCc2ccc(C(=O)O)o2)c1=O. The Labute approximate surface area is 108 Å². The van der Waals surface area contributed by atoms with Crippen LogP contribution in [0.2, 0.25) is 0 Å². The smallest absolute Gasteiger partial charge is 0.371 e. The quantitative estimate of drug-likeness (QED) is 0.840. The van der Waals surface area contributed by atoms with Gasteiger partial charge in [-0.2, -0.15) is 0 Å². The molecule has 0 radical (unpaired) electrons. The highest BCUT2D eigenvalue weighted by Crippen LogP contribution is 2.09. The van der Waals surface area contributed by atoms with Gasteiger partial charge in [0.15, 0.2) is 5.82 Å². The zero-order chi connectivity index (χ0) is 13.8. The molecule has 0 spiro atoms. The Hall–Kier alpha value is -2.57. The van der Waals surface area contributed by atoms with Crippen LogP contribution >= 0.6 is 0 Å². The van der Waals surface area contributed by atoms with E-state index in [0.717, 1.165) is 0 Å². The molecule has 2 heterocycles. The highest BCUT2D eigenvalue weighted by atomic mass is 16.4. The number of aryl methyl sites for hydroxylation is 1. The fourth-order valence-corrected chi connectivity index (χ4v) is 1.58. The minimum atomic E-state index is -1.13. The van der Waals surface area contributed by atoms with Gasteiger partial charge < -0.3 is 19.4 Å². The lowest BCUT2D eigenvalue weighted by atomic mass is 10.4. The lowest BCUT2D eigenvalue weighted by Gasteiger charge is -2.05. The van der Waals surface area contributed by atoms with Crippen LogP contribution in [0.4, 0.5) is 5.82 Å². The third kappa shape index (κ3) is 2.82. The first-order chi connectivity index (χ1) is 9.11. The largest absolute Gasteiger partial charge is 0.475 e. The van der Waals surface area contributed by atoms with Crippen molar-refractivity contribution in [1.82, 2.24) is 9.55 Å². The predicted molar refractivity (Wildman–Crippen MR) is 67.2 cm³/mol. The van der Waals surface area contributed by atoms with Crippen molar-refractivity contribution in [3.05, 3.63) is 46.4 Å². The second kappa shape index (κ2) is 5.38. The number of hydrogen-bond acceptors (Lipinski definition) is 5. The lowest BCUT2D eigenvalue weighted by Crippen LogP contribution is -2.23. The summed E-state index contributed by atoms with van der Waals surface area (Å²) in [5.41, 5.74) is -0.227. The summed E-state index contributed by atoms with van der Waals surface area (Å²) in [7, 11) is 0. The van der Waals surface area contributed by atoms with Gasteiger partial charge in [0.1, 0.15) is 5.76 Å². The van der Waals surface area contributed by atoms with Crippen molar-refractivity contribution in [2.24, 2.45) is 0 Å². The van der Waals surface area contributed by atoms with Crippen LogP contribution in [0.15, 0.2) is 33.7 Å². The zero-order valence-electron chi connectivity index (χ0n) is 10.3. The summed E-state index contributed by atoms with van der Waals surface area (Å²) in [6.07, 6.45) is 3.13. The summed E-state index contributed by atoms with van der Waals surface area (Å²) in [5, 5.41) is 11.5. The molecule has 0 amide bonds. The number of furan rings is 1. The van der Waals surface area contributed by atoms with E-state index in [1.165, 1.54) is 22.9 Å². The van der Waals surface area contributed by atoms with E-state index in [1.807, 2.05) is 6.92 Å². The molecule has 0 saturated carbocycles. The van der Waals surface area contributed by atoms with E-state index in [9.17, 15) is 9.59 Å². The lowest BCUT2D eigenvalue weighted by molar-refractivity contribution is 0.0660. The van der Waals surface area contributed by atoms with E-state index in [-0.39, 0.29) is 23.7 Å². The maximum absolute atomic E-state index is 11.8. The van der Waals surface area contributed by atoms with E-state index in [0.29, 0.717) is 12.3 Å². The Bertz CT molecular complexity index is 644. The Balaban J connectivity index is 2.10. The molecular weight excluding hydrogens is 250 g/mol. The normalized spacial score (nSPS) is 10.4. The van der Waals surface area contributed by atoms with E-state index in [1.54, 1.807) is 6.20 Å². The number of carbonyl (C=O) groups is 1. The molecule has 2 rings (SSSR count). The first-order valence-electron chi connectivity index (χ1n) is 5.73. The van der Waals surface area contributed by atoms with Gasteiger partial charge in [-0.1, -0.05) is 0 Å². The number of aromatic carboxylic acids is 1. The number of rotatable bonds is 5. The molecule has 0 bridgehead atoms. The highest BCUT2D eigenvalue weighted by Gasteiger charge is 2.09. The molecule has 0 unspecified atom stereocenters. The van der Waals surface area contributed by atoms with Crippen molar-refractivity contribution >= 4 is 11.8 Å². The van der Waals surface area contributed by atoms with Gasteiger partial charge in [0.2, 0.25) is 5.76 Å². The van der Waals surface area contributed by atoms with Crippen LogP contribution in [0.5, 0.6) is 0 Å². The monoisotopic (exact) mass is 263 g/mol. The second-order valence-electron chi connectivity index (χ2n) is 3.79. The molecule has 0 atom stereocenters. The van der Waals surface area contributed by atoms with E-state index in [2.05, 4.69) is 10.3 Å². The maximum Gasteiger partial charge on any atom is 0.371 e. The third-order valence-electron chi connectivity index (χ3n) is 2.56. The zero-order valence-corrected chi connectivity index (χ0v) is 10.3. The van der Waals surface area contributed by atoms with E-state index in [4.69, 9.17) is 9.52 Å². The van der Waals surface area contributed by atoms with Gasteiger partial charge in [0, 0.05) is 18.9 Å². The van der Waals surface area contributed by atoms with Crippen molar-refractivity contribution in [1.29, 1.82) is 0 Å². The Morgan fingerprint density at radius 1 is 1.53 bits per heavy atom. The van der Waals surface area contributed by atoms with Gasteiger partial charge in [-0.3, -0.25) is 4.79 Å². The predicted octanol–water partition coefficient (Wildman–Crippen LogP) is 1.17. The number of carboxylic acids is 1. The van der Waals surface area contributed by atoms with Gasteiger partial charge in [0.05, 0.1) is 6.54 Å². The van der Waals surface area contributed by atoms with Crippen LogP contribution in [0, 0.1) is 0 Å². The number of aromatic nitrogens is 2. The molecule has 0 aliphatic rings. The van der Waals surface area contributed by atoms with Crippen molar-refractivity contribution < 1.29 is 14.3 Å². The molecule has 100 valence electrons. The van der Waals surface area contributed by atoms with Crippen molar-refractivity contribution in [3.63, 3.8) is 0 Å². The molecule has 2 N–H and O–H groups in total. The Kier molecular flexibility index (Phi) is 3.65. The number of carboxylic acid groups (broad SMARTS) is 1. The summed E-state index contributed by atoms with van der Waals surface area (Å²) < 4.78 is 6.58. The average Bonchev–Trinajstić information content (AvgIpc) is 2.86. The van der Waals surface area contributed by atoms with Gasteiger partial charge in [-0.05, 0) is 19.1 Å². The van der Waals surface area contributed by atoms with Crippen LogP contribution < -0.4 is 10.9 Å². The Morgan fingerprint density at radius 3 is 2.95 bits per heavy atom. The van der Waals surface area contributed by atoms with Crippen LogP contribution in [0.25, 0.3) is 0 Å². The standard InChI is InChI=1S/C12H13N3O4/c1-2-15-6-5-13-10(11(15)16)14-7-8-3-4-9(19-8)12(17)18/h3-6H,2,7H2,1H3,(H,13,14)(H,17,18). The van der Waals surface area contributed by atoms with Crippen LogP contribution in [-0.4, -0.2) is 20.6 Å². The molecule has 2 aromatic heterocycles. The molecule has 0 aromatic carbocycles.